The lowest BCUT2D eigenvalue weighted by Crippen LogP contribution is -2.35. The lowest BCUT2D eigenvalue weighted by Gasteiger charge is -2.18. The summed E-state index contributed by atoms with van der Waals surface area (Å²) < 4.78 is 37.6. The number of nitrogens with zero attached hydrogens (tertiary/aromatic N) is 1. The minimum Gasteiger partial charge on any atom is -0.356 e. The van der Waals surface area contributed by atoms with Crippen molar-refractivity contribution in [3.05, 3.63) is 29.8 Å². The third-order valence-electron chi connectivity index (χ3n) is 4.22. The zero-order valence-electron chi connectivity index (χ0n) is 14.9. The molecule has 2 N–H and O–H groups in total. The van der Waals surface area contributed by atoms with E-state index in [-0.39, 0.29) is 17.9 Å². The molecule has 0 aromatic heterocycles. The predicted molar refractivity (Wildman–Crippen MR) is 92.6 cm³/mol. The van der Waals surface area contributed by atoms with Gasteiger partial charge in [-0.15, -0.1) is 0 Å². The van der Waals surface area contributed by atoms with Crippen LogP contribution in [0.1, 0.15) is 32.3 Å². The van der Waals surface area contributed by atoms with E-state index in [9.17, 15) is 22.8 Å². The number of anilines is 1. The first-order valence-corrected chi connectivity index (χ1v) is 8.65. The largest absolute Gasteiger partial charge is 0.416 e. The normalized spacial score (nSPS) is 17.5. The van der Waals surface area contributed by atoms with Gasteiger partial charge >= 0.3 is 12.2 Å². The lowest BCUT2D eigenvalue weighted by molar-refractivity contribution is -0.137. The van der Waals surface area contributed by atoms with Crippen LogP contribution in [0.3, 0.4) is 0 Å². The summed E-state index contributed by atoms with van der Waals surface area (Å²) in [6.45, 7) is 5.53. The molecule has 8 heteroatoms. The highest BCUT2D eigenvalue weighted by atomic mass is 19.4. The highest BCUT2D eigenvalue weighted by Crippen LogP contribution is 2.30. The van der Waals surface area contributed by atoms with Crippen LogP contribution < -0.4 is 10.6 Å². The van der Waals surface area contributed by atoms with E-state index in [1.165, 1.54) is 12.1 Å². The molecule has 1 atom stereocenters. The number of rotatable bonds is 5. The van der Waals surface area contributed by atoms with Crippen molar-refractivity contribution >= 4 is 17.6 Å². The molecule has 1 aliphatic rings. The van der Waals surface area contributed by atoms with Crippen LogP contribution in [0.2, 0.25) is 0 Å². The molecule has 2 rings (SSSR count). The summed E-state index contributed by atoms with van der Waals surface area (Å²) in [6, 6.07) is 4.00. The summed E-state index contributed by atoms with van der Waals surface area (Å²) in [4.78, 5) is 25.5. The molecule has 144 valence electrons. The standard InChI is InChI=1S/C18H24F3N3O2/c1-12(2)9-16(25)22-10-13-7-8-24(11-13)17(26)23-15-5-3-14(4-6-15)18(19,20)21/h3-6,12-13H,7-11H2,1-2H3,(H,22,25)(H,23,26). The number of alkyl halides is 3. The average Bonchev–Trinajstić information content (AvgIpc) is 3.01. The van der Waals surface area contributed by atoms with Crippen LogP contribution in [-0.2, 0) is 11.0 Å². The van der Waals surface area contributed by atoms with Crippen molar-refractivity contribution in [1.82, 2.24) is 10.2 Å². The van der Waals surface area contributed by atoms with Gasteiger partial charge in [0.1, 0.15) is 0 Å². The maximum atomic E-state index is 12.5. The van der Waals surface area contributed by atoms with Gasteiger partial charge in [0, 0.05) is 31.7 Å². The molecule has 0 saturated carbocycles. The number of carbonyl (C=O) groups is 2. The van der Waals surface area contributed by atoms with Crippen molar-refractivity contribution in [2.24, 2.45) is 11.8 Å². The summed E-state index contributed by atoms with van der Waals surface area (Å²) in [5.41, 5.74) is -0.439. The SMILES string of the molecule is CC(C)CC(=O)NCC1CCN(C(=O)Nc2ccc(C(F)(F)F)cc2)C1. The number of nitrogens with one attached hydrogen (secondary N) is 2. The van der Waals surface area contributed by atoms with Crippen molar-refractivity contribution < 1.29 is 22.8 Å². The molecule has 0 bridgehead atoms. The Labute approximate surface area is 150 Å². The van der Waals surface area contributed by atoms with Gasteiger partial charge in [0.05, 0.1) is 5.56 Å². The van der Waals surface area contributed by atoms with E-state index < -0.39 is 11.7 Å². The second kappa shape index (κ2) is 8.42. The molecule has 1 fully saturated rings. The monoisotopic (exact) mass is 371 g/mol. The van der Waals surface area contributed by atoms with Crippen molar-refractivity contribution in [1.29, 1.82) is 0 Å². The van der Waals surface area contributed by atoms with Gasteiger partial charge in [0.15, 0.2) is 0 Å². The van der Waals surface area contributed by atoms with E-state index in [2.05, 4.69) is 10.6 Å². The van der Waals surface area contributed by atoms with Gasteiger partial charge in [-0.1, -0.05) is 13.8 Å². The van der Waals surface area contributed by atoms with Gasteiger partial charge in [0.2, 0.25) is 5.91 Å². The summed E-state index contributed by atoms with van der Waals surface area (Å²) in [5.74, 6) is 0.488. The van der Waals surface area contributed by atoms with Crippen molar-refractivity contribution in [2.45, 2.75) is 32.9 Å². The van der Waals surface area contributed by atoms with Crippen molar-refractivity contribution in [2.75, 3.05) is 25.0 Å². The zero-order valence-corrected chi connectivity index (χ0v) is 14.9. The van der Waals surface area contributed by atoms with E-state index in [0.717, 1.165) is 18.6 Å². The molecule has 1 saturated heterocycles. The average molecular weight is 371 g/mol. The Morgan fingerprint density at radius 3 is 2.46 bits per heavy atom. The number of carbonyl (C=O) groups excluding carboxylic acids is 2. The second-order valence-corrected chi connectivity index (χ2v) is 7.01. The van der Waals surface area contributed by atoms with E-state index in [4.69, 9.17) is 0 Å². The van der Waals surface area contributed by atoms with Crippen molar-refractivity contribution in [3.63, 3.8) is 0 Å². The topological polar surface area (TPSA) is 61.4 Å². The first kappa shape index (κ1) is 20.1. The number of halogens is 3. The van der Waals surface area contributed by atoms with Gasteiger partial charge in [-0.3, -0.25) is 4.79 Å². The van der Waals surface area contributed by atoms with Crippen LogP contribution in [0.4, 0.5) is 23.7 Å². The van der Waals surface area contributed by atoms with Gasteiger partial charge in [-0.05, 0) is 42.5 Å². The highest BCUT2D eigenvalue weighted by molar-refractivity contribution is 5.89. The smallest absolute Gasteiger partial charge is 0.356 e. The molecule has 26 heavy (non-hydrogen) atoms. The Kier molecular flexibility index (Phi) is 6.50. The molecular weight excluding hydrogens is 347 g/mol. The first-order chi connectivity index (χ1) is 12.1. The highest BCUT2D eigenvalue weighted by Gasteiger charge is 2.30. The molecule has 0 aliphatic carbocycles. The Bertz CT molecular complexity index is 630. The molecular formula is C18H24F3N3O2. The maximum Gasteiger partial charge on any atom is 0.416 e. The van der Waals surface area contributed by atoms with E-state index in [1.807, 2.05) is 13.8 Å². The molecule has 1 aromatic carbocycles. The second-order valence-electron chi connectivity index (χ2n) is 7.01. The van der Waals surface area contributed by atoms with Crippen LogP contribution in [0, 0.1) is 11.8 Å². The number of likely N-dealkylation sites (tertiary alicyclic amines) is 1. The number of benzene rings is 1. The Morgan fingerprint density at radius 1 is 1.23 bits per heavy atom. The predicted octanol–water partition coefficient (Wildman–Crippen LogP) is 3.72. The number of hydrogen-bond acceptors (Lipinski definition) is 2. The van der Waals surface area contributed by atoms with Crippen molar-refractivity contribution in [3.8, 4) is 0 Å². The fourth-order valence-electron chi connectivity index (χ4n) is 2.83. The summed E-state index contributed by atoms with van der Waals surface area (Å²) >= 11 is 0. The number of hydrogen-bond donors (Lipinski definition) is 2. The van der Waals surface area contributed by atoms with Crippen LogP contribution >= 0.6 is 0 Å². The summed E-state index contributed by atoms with van der Waals surface area (Å²) in [7, 11) is 0. The molecule has 1 aliphatic heterocycles. The number of amides is 3. The minimum atomic E-state index is -4.40. The molecule has 1 heterocycles. The Morgan fingerprint density at radius 2 is 1.88 bits per heavy atom. The van der Waals surface area contributed by atoms with Gasteiger partial charge in [0.25, 0.3) is 0 Å². The van der Waals surface area contributed by atoms with Crippen LogP contribution in [0.5, 0.6) is 0 Å². The lowest BCUT2D eigenvalue weighted by atomic mass is 10.1. The fourth-order valence-corrected chi connectivity index (χ4v) is 2.83. The quantitative estimate of drug-likeness (QED) is 0.829. The Balaban J connectivity index is 1.79. The first-order valence-electron chi connectivity index (χ1n) is 8.65. The molecule has 0 spiro atoms. The summed E-state index contributed by atoms with van der Waals surface area (Å²) in [5, 5.41) is 5.49. The van der Waals surface area contributed by atoms with E-state index in [1.54, 1.807) is 4.90 Å². The minimum absolute atomic E-state index is 0.00709. The Hall–Kier alpha value is -2.25. The zero-order chi connectivity index (χ0) is 19.3. The molecule has 1 aromatic rings. The molecule has 0 radical (unpaired) electrons. The van der Waals surface area contributed by atoms with Gasteiger partial charge < -0.3 is 15.5 Å². The van der Waals surface area contributed by atoms with Crippen LogP contribution in [0.15, 0.2) is 24.3 Å². The fraction of sp³-hybridized carbons (Fsp3) is 0.556. The molecule has 3 amide bonds. The van der Waals surface area contributed by atoms with Crippen LogP contribution in [0.25, 0.3) is 0 Å². The third-order valence-corrected chi connectivity index (χ3v) is 4.22. The van der Waals surface area contributed by atoms with E-state index in [0.29, 0.717) is 37.7 Å². The number of urea groups is 1. The van der Waals surface area contributed by atoms with E-state index >= 15 is 0 Å². The van der Waals surface area contributed by atoms with Crippen LogP contribution in [-0.4, -0.2) is 36.5 Å². The summed E-state index contributed by atoms with van der Waals surface area (Å²) in [6.07, 6.45) is -3.14. The van der Waals surface area contributed by atoms with Gasteiger partial charge in [-0.25, -0.2) is 4.79 Å². The molecule has 5 nitrogen and oxygen atoms in total. The third kappa shape index (κ3) is 5.93. The molecule has 1 unspecified atom stereocenters. The maximum absolute atomic E-state index is 12.5. The van der Waals surface area contributed by atoms with Gasteiger partial charge in [-0.2, -0.15) is 13.2 Å².